The number of aromatic amines is 1. The number of likely N-dealkylation sites (tertiary alicyclic amines) is 1. The molecule has 1 aromatic carbocycles. The van der Waals surface area contributed by atoms with Crippen LogP contribution >= 0.6 is 11.3 Å². The van der Waals surface area contributed by atoms with Crippen LogP contribution in [-0.4, -0.2) is 23.1 Å². The zero-order valence-electron chi connectivity index (χ0n) is 14.7. The molecule has 0 saturated carbocycles. The highest BCUT2D eigenvalue weighted by Gasteiger charge is 2.17. The second-order valence-electron chi connectivity index (χ2n) is 7.04. The first-order valence-corrected chi connectivity index (χ1v) is 10.2. The molecule has 1 fully saturated rings. The molecule has 0 atom stereocenters. The molecule has 0 unspecified atom stereocenters. The minimum absolute atomic E-state index is 0.1000. The third kappa shape index (κ3) is 3.71. The average molecular weight is 372 g/mol. The molecule has 26 heavy (non-hydrogen) atoms. The zero-order chi connectivity index (χ0) is 17.9. The number of halogens is 1. The lowest BCUT2D eigenvalue weighted by Gasteiger charge is -2.21. The standard InChI is InChI=1S/C20H22FN3OS/c21-15-8-6-14(7-9-15)16-13-26-20-18(16)19(25)22-17(23-20)12-24-10-4-2-1-3-5-11-24/h6-9,13H,1-5,10-12H2,(H,22,23,25)/p+1. The first kappa shape index (κ1) is 17.4. The molecule has 6 heteroatoms. The summed E-state index contributed by atoms with van der Waals surface area (Å²) >= 11 is 1.48. The molecule has 2 aromatic heterocycles. The summed E-state index contributed by atoms with van der Waals surface area (Å²) < 4.78 is 13.2. The van der Waals surface area contributed by atoms with Gasteiger partial charge in [-0.3, -0.25) is 4.79 Å². The first-order chi connectivity index (χ1) is 12.7. The van der Waals surface area contributed by atoms with Crippen molar-refractivity contribution in [2.45, 2.75) is 38.6 Å². The van der Waals surface area contributed by atoms with Crippen LogP contribution in [0, 0.1) is 5.82 Å². The molecule has 0 amide bonds. The van der Waals surface area contributed by atoms with Gasteiger partial charge in [-0.15, -0.1) is 11.3 Å². The number of hydrogen-bond acceptors (Lipinski definition) is 3. The second-order valence-corrected chi connectivity index (χ2v) is 7.90. The Kier molecular flexibility index (Phi) is 5.13. The molecule has 4 nitrogen and oxygen atoms in total. The Labute approximate surface area is 155 Å². The molecule has 4 rings (SSSR count). The molecular weight excluding hydrogens is 349 g/mol. The van der Waals surface area contributed by atoms with Crippen LogP contribution in [0.1, 0.15) is 37.9 Å². The number of quaternary nitrogens is 1. The first-order valence-electron chi connectivity index (χ1n) is 9.30. The highest BCUT2D eigenvalue weighted by atomic mass is 32.1. The minimum atomic E-state index is -0.279. The summed E-state index contributed by atoms with van der Waals surface area (Å²) in [5.41, 5.74) is 1.56. The van der Waals surface area contributed by atoms with Crippen molar-refractivity contribution in [3.8, 4) is 11.1 Å². The van der Waals surface area contributed by atoms with Gasteiger partial charge in [0, 0.05) is 10.9 Å². The van der Waals surface area contributed by atoms with Crippen LogP contribution in [0.15, 0.2) is 34.4 Å². The Bertz CT molecular complexity index is 940. The number of thiophene rings is 1. The molecule has 0 aliphatic carbocycles. The lowest BCUT2D eigenvalue weighted by molar-refractivity contribution is -0.915. The van der Waals surface area contributed by atoms with Gasteiger partial charge in [0.15, 0.2) is 5.82 Å². The highest BCUT2D eigenvalue weighted by Crippen LogP contribution is 2.30. The van der Waals surface area contributed by atoms with Crippen molar-refractivity contribution < 1.29 is 9.29 Å². The molecule has 0 spiro atoms. The van der Waals surface area contributed by atoms with Crippen molar-refractivity contribution in [2.75, 3.05) is 13.1 Å². The average Bonchev–Trinajstić information content (AvgIpc) is 3.02. The predicted octanol–water partition coefficient (Wildman–Crippen LogP) is 3.14. The number of rotatable bonds is 3. The van der Waals surface area contributed by atoms with Gasteiger partial charge in [-0.25, -0.2) is 9.37 Å². The summed E-state index contributed by atoms with van der Waals surface area (Å²) in [5.74, 6) is 0.490. The summed E-state index contributed by atoms with van der Waals surface area (Å²) in [6.07, 6.45) is 6.44. The van der Waals surface area contributed by atoms with Crippen LogP contribution in [0.2, 0.25) is 0 Å². The van der Waals surface area contributed by atoms with Gasteiger partial charge in [-0.2, -0.15) is 0 Å². The van der Waals surface area contributed by atoms with E-state index in [0.29, 0.717) is 5.39 Å². The Morgan fingerprint density at radius 2 is 1.77 bits per heavy atom. The lowest BCUT2D eigenvalue weighted by atomic mass is 10.1. The van der Waals surface area contributed by atoms with Crippen molar-refractivity contribution >= 4 is 21.6 Å². The Morgan fingerprint density at radius 1 is 1.08 bits per heavy atom. The van der Waals surface area contributed by atoms with Gasteiger partial charge < -0.3 is 9.88 Å². The van der Waals surface area contributed by atoms with Crippen molar-refractivity contribution in [3.05, 3.63) is 51.6 Å². The fourth-order valence-electron chi connectivity index (χ4n) is 3.74. The van der Waals surface area contributed by atoms with Gasteiger partial charge in [0.2, 0.25) is 0 Å². The SMILES string of the molecule is O=c1[nH]c(C[NH+]2CCCCCCC2)nc2scc(-c3ccc(F)cc3)c12. The Balaban J connectivity index is 1.63. The maximum absolute atomic E-state index is 13.2. The van der Waals surface area contributed by atoms with Gasteiger partial charge in [0.25, 0.3) is 5.56 Å². The van der Waals surface area contributed by atoms with Gasteiger partial charge >= 0.3 is 0 Å². The van der Waals surface area contributed by atoms with Gasteiger partial charge in [0.05, 0.1) is 18.5 Å². The quantitative estimate of drug-likeness (QED) is 0.742. The predicted molar refractivity (Wildman–Crippen MR) is 103 cm³/mol. The topological polar surface area (TPSA) is 50.2 Å². The third-order valence-electron chi connectivity index (χ3n) is 5.13. The highest BCUT2D eigenvalue weighted by molar-refractivity contribution is 7.17. The smallest absolute Gasteiger partial charge is 0.260 e. The maximum Gasteiger partial charge on any atom is 0.260 e. The van der Waals surface area contributed by atoms with Crippen molar-refractivity contribution in [3.63, 3.8) is 0 Å². The minimum Gasteiger partial charge on any atom is -0.329 e. The van der Waals surface area contributed by atoms with E-state index in [0.717, 1.165) is 41.4 Å². The molecule has 1 saturated heterocycles. The van der Waals surface area contributed by atoms with E-state index in [-0.39, 0.29) is 11.4 Å². The van der Waals surface area contributed by atoms with Crippen molar-refractivity contribution in [1.82, 2.24) is 9.97 Å². The van der Waals surface area contributed by atoms with Crippen LogP contribution < -0.4 is 10.5 Å². The van der Waals surface area contributed by atoms with Crippen LogP contribution in [-0.2, 0) is 6.54 Å². The fraction of sp³-hybridized carbons (Fsp3) is 0.400. The Hall–Kier alpha value is -2.05. The van der Waals surface area contributed by atoms with E-state index < -0.39 is 0 Å². The van der Waals surface area contributed by atoms with E-state index in [9.17, 15) is 9.18 Å². The zero-order valence-corrected chi connectivity index (χ0v) is 15.5. The van der Waals surface area contributed by atoms with E-state index in [1.54, 1.807) is 12.1 Å². The summed E-state index contributed by atoms with van der Waals surface area (Å²) in [5, 5.41) is 2.54. The van der Waals surface area contributed by atoms with E-state index in [1.807, 2.05) is 5.38 Å². The largest absolute Gasteiger partial charge is 0.329 e. The molecule has 1 aliphatic rings. The van der Waals surface area contributed by atoms with Crippen LogP contribution in [0.5, 0.6) is 0 Å². The molecule has 0 radical (unpaired) electrons. The molecule has 1 aliphatic heterocycles. The monoisotopic (exact) mass is 372 g/mol. The second kappa shape index (κ2) is 7.68. The molecule has 0 bridgehead atoms. The molecule has 2 N–H and O–H groups in total. The molecule has 3 aromatic rings. The number of nitrogens with one attached hydrogen (secondary N) is 2. The third-order valence-corrected chi connectivity index (χ3v) is 6.00. The number of nitrogens with zero attached hydrogens (tertiary/aromatic N) is 1. The number of aromatic nitrogens is 2. The van der Waals surface area contributed by atoms with Gasteiger partial charge in [0.1, 0.15) is 17.2 Å². The molecule has 136 valence electrons. The van der Waals surface area contributed by atoms with E-state index in [1.165, 1.54) is 60.5 Å². The lowest BCUT2D eigenvalue weighted by Crippen LogP contribution is -3.10. The van der Waals surface area contributed by atoms with Crippen LogP contribution in [0.25, 0.3) is 21.3 Å². The maximum atomic E-state index is 13.2. The van der Waals surface area contributed by atoms with Gasteiger partial charge in [-0.1, -0.05) is 18.6 Å². The number of benzene rings is 1. The molecular formula is C20H23FN3OS+. The van der Waals surface area contributed by atoms with E-state index >= 15 is 0 Å². The fourth-order valence-corrected chi connectivity index (χ4v) is 4.70. The number of H-pyrrole nitrogens is 1. The van der Waals surface area contributed by atoms with E-state index in [2.05, 4.69) is 4.98 Å². The van der Waals surface area contributed by atoms with Crippen molar-refractivity contribution in [2.24, 2.45) is 0 Å². The number of hydrogen-bond donors (Lipinski definition) is 2. The number of fused-ring (bicyclic) bond motifs is 1. The van der Waals surface area contributed by atoms with Crippen LogP contribution in [0.4, 0.5) is 4.39 Å². The summed E-state index contributed by atoms with van der Waals surface area (Å²) in [4.78, 5) is 22.7. The molecule has 3 heterocycles. The van der Waals surface area contributed by atoms with Crippen LogP contribution in [0.3, 0.4) is 0 Å². The summed E-state index contributed by atoms with van der Waals surface area (Å²) in [6, 6.07) is 6.24. The van der Waals surface area contributed by atoms with Gasteiger partial charge in [-0.05, 0) is 43.4 Å². The summed E-state index contributed by atoms with van der Waals surface area (Å²) in [7, 11) is 0. The summed E-state index contributed by atoms with van der Waals surface area (Å²) in [6.45, 7) is 3.06. The Morgan fingerprint density at radius 3 is 2.50 bits per heavy atom. The normalized spacial score (nSPS) is 16.5. The van der Waals surface area contributed by atoms with Crippen molar-refractivity contribution in [1.29, 1.82) is 0 Å². The van der Waals surface area contributed by atoms with E-state index in [4.69, 9.17) is 4.98 Å².